The van der Waals surface area contributed by atoms with Gasteiger partial charge in [0, 0.05) is 0 Å². The molecule has 0 spiro atoms. The summed E-state index contributed by atoms with van der Waals surface area (Å²) in [5.41, 5.74) is 9.02. The average Bonchev–Trinajstić information content (AvgIpc) is 2.76. The van der Waals surface area contributed by atoms with E-state index in [1.165, 1.54) is 7.11 Å². The quantitative estimate of drug-likeness (QED) is 0.337. The molecule has 1 atom stereocenters. The Kier molecular flexibility index (Phi) is 8.32. The molecule has 0 aromatic heterocycles. The number of carbonyl (C=O) groups excluding carboxylic acids is 1. The Labute approximate surface area is 168 Å². The molecule has 0 unspecified atom stereocenters. The summed E-state index contributed by atoms with van der Waals surface area (Å²) in [5.74, 6) is -0.0928. The van der Waals surface area contributed by atoms with Crippen LogP contribution in [0, 0.1) is 0 Å². The number of rotatable bonds is 9. The maximum absolute atomic E-state index is 12.0. The number of carbonyl (C=O) groups is 1. The fourth-order valence-electron chi connectivity index (χ4n) is 2.83. The Morgan fingerprint density at radius 2 is 1.66 bits per heavy atom. The summed E-state index contributed by atoms with van der Waals surface area (Å²) in [6.07, 6.45) is 3.57. The van der Waals surface area contributed by atoms with Crippen LogP contribution in [0.4, 0.5) is 5.69 Å². The van der Waals surface area contributed by atoms with Crippen LogP contribution in [0.25, 0.3) is 12.2 Å². The summed E-state index contributed by atoms with van der Waals surface area (Å²) in [6, 6.07) is 7.59. The van der Waals surface area contributed by atoms with Gasteiger partial charge in [-0.05, 0) is 52.1 Å². The number of methoxy groups -OCH3 is 1. The molecule has 0 saturated carbocycles. The van der Waals surface area contributed by atoms with Crippen LogP contribution in [0.15, 0.2) is 30.3 Å². The molecule has 0 aliphatic heterocycles. The lowest BCUT2D eigenvalue weighted by molar-refractivity contribution is -0.118. The van der Waals surface area contributed by atoms with Crippen molar-refractivity contribution in [2.24, 2.45) is 5.73 Å². The fourth-order valence-corrected chi connectivity index (χ4v) is 2.83. The van der Waals surface area contributed by atoms with Gasteiger partial charge in [-0.2, -0.15) is 0 Å². The molecule has 0 heterocycles. The Hall–Kier alpha value is -2.75. The minimum Gasteiger partial charge on any atom is -0.495 e. The number of aliphatic hydroxyl groups is 4. The number of nitrogens with one attached hydrogen (secondary N) is 1. The minimum atomic E-state index is -1.04. The predicted octanol–water partition coefficient (Wildman–Crippen LogP) is 0.601. The van der Waals surface area contributed by atoms with E-state index < -0.39 is 18.6 Å². The highest BCUT2D eigenvalue weighted by Gasteiger charge is 2.14. The Morgan fingerprint density at radius 1 is 1.03 bits per heavy atom. The van der Waals surface area contributed by atoms with Crippen molar-refractivity contribution in [2.75, 3.05) is 19.0 Å². The van der Waals surface area contributed by atoms with E-state index in [9.17, 15) is 20.1 Å². The van der Waals surface area contributed by atoms with Gasteiger partial charge in [0.25, 0.3) is 0 Å². The second kappa shape index (κ2) is 10.7. The van der Waals surface area contributed by atoms with Gasteiger partial charge in [0.1, 0.15) is 11.8 Å². The molecule has 29 heavy (non-hydrogen) atoms. The van der Waals surface area contributed by atoms with E-state index >= 15 is 0 Å². The topological polar surface area (TPSA) is 145 Å². The molecule has 1 amide bonds. The molecule has 0 bridgehead atoms. The number of hydrogen-bond donors (Lipinski definition) is 6. The van der Waals surface area contributed by atoms with Crippen molar-refractivity contribution in [1.82, 2.24) is 0 Å². The molecule has 7 N–H and O–H groups in total. The molecule has 0 fully saturated rings. The number of nitrogens with two attached hydrogens (primary N) is 1. The van der Waals surface area contributed by atoms with Crippen molar-refractivity contribution in [1.29, 1.82) is 0 Å². The zero-order chi connectivity index (χ0) is 21.4. The molecule has 8 heteroatoms. The van der Waals surface area contributed by atoms with Gasteiger partial charge in [0.05, 0.1) is 39.2 Å². The normalized spacial score (nSPS) is 12.2. The second-order valence-electron chi connectivity index (χ2n) is 6.36. The highest BCUT2D eigenvalue weighted by molar-refractivity contribution is 5.96. The first-order valence-corrected chi connectivity index (χ1v) is 8.98. The van der Waals surface area contributed by atoms with E-state index in [-0.39, 0.29) is 19.8 Å². The zero-order valence-electron chi connectivity index (χ0n) is 16.1. The number of hydrogen-bond acceptors (Lipinski definition) is 7. The first-order valence-electron chi connectivity index (χ1n) is 8.98. The SMILES string of the molecule is COc1ccc(C=Cc2cc(CO)c(CO)c(CO)c2)cc1NC(=O)[C@@H](N)CO. The molecular weight excluding hydrogens is 376 g/mol. The first-order chi connectivity index (χ1) is 14.0. The van der Waals surface area contributed by atoms with E-state index in [0.29, 0.717) is 28.1 Å². The van der Waals surface area contributed by atoms with Crippen LogP contribution in [-0.4, -0.2) is 46.1 Å². The summed E-state index contributed by atoms with van der Waals surface area (Å²) in [4.78, 5) is 12.0. The van der Waals surface area contributed by atoms with Crippen molar-refractivity contribution in [3.63, 3.8) is 0 Å². The Bertz CT molecular complexity index is 856. The van der Waals surface area contributed by atoms with Crippen molar-refractivity contribution in [2.45, 2.75) is 25.9 Å². The zero-order valence-corrected chi connectivity index (χ0v) is 16.1. The van der Waals surface area contributed by atoms with Crippen LogP contribution in [0.2, 0.25) is 0 Å². The van der Waals surface area contributed by atoms with Gasteiger partial charge in [0.2, 0.25) is 5.91 Å². The highest BCUT2D eigenvalue weighted by Crippen LogP contribution is 2.27. The predicted molar refractivity (Wildman–Crippen MR) is 110 cm³/mol. The third-order valence-corrected chi connectivity index (χ3v) is 4.44. The van der Waals surface area contributed by atoms with Crippen LogP contribution in [0.1, 0.15) is 27.8 Å². The van der Waals surface area contributed by atoms with E-state index in [4.69, 9.17) is 15.6 Å². The number of ether oxygens (including phenoxy) is 1. The van der Waals surface area contributed by atoms with Crippen molar-refractivity contribution in [3.8, 4) is 5.75 Å². The molecule has 2 rings (SSSR count). The van der Waals surface area contributed by atoms with Crippen LogP contribution >= 0.6 is 0 Å². The van der Waals surface area contributed by atoms with Crippen molar-refractivity contribution >= 4 is 23.7 Å². The molecule has 8 nitrogen and oxygen atoms in total. The van der Waals surface area contributed by atoms with Crippen LogP contribution in [0.3, 0.4) is 0 Å². The highest BCUT2D eigenvalue weighted by atomic mass is 16.5. The summed E-state index contributed by atoms with van der Waals surface area (Å²) >= 11 is 0. The molecule has 0 saturated heterocycles. The standard InChI is InChI=1S/C21H26N2O6/c1-29-20-5-4-13(8-19(20)23-21(28)18(22)12-27)2-3-14-6-15(9-24)17(11-26)16(7-14)10-25/h2-8,18,24-27H,9-12,22H2,1H3,(H,23,28)/t18-/m0/s1. The Morgan fingerprint density at radius 3 is 2.17 bits per heavy atom. The van der Waals surface area contributed by atoms with Crippen LogP contribution < -0.4 is 15.8 Å². The minimum absolute atomic E-state index is 0.256. The van der Waals surface area contributed by atoms with Gasteiger partial charge < -0.3 is 36.2 Å². The largest absolute Gasteiger partial charge is 0.495 e. The third kappa shape index (κ3) is 5.63. The molecule has 0 aliphatic rings. The number of amides is 1. The van der Waals surface area contributed by atoms with E-state index in [2.05, 4.69) is 5.32 Å². The van der Waals surface area contributed by atoms with Crippen LogP contribution in [-0.2, 0) is 24.6 Å². The van der Waals surface area contributed by atoms with Gasteiger partial charge in [-0.25, -0.2) is 0 Å². The van der Waals surface area contributed by atoms with Gasteiger partial charge in [-0.15, -0.1) is 0 Å². The van der Waals surface area contributed by atoms with E-state index in [1.54, 1.807) is 42.5 Å². The lowest BCUT2D eigenvalue weighted by Crippen LogP contribution is -2.38. The molecular formula is C21H26N2O6. The summed E-state index contributed by atoms with van der Waals surface area (Å²) in [6.45, 7) is -1.26. The van der Waals surface area contributed by atoms with Gasteiger partial charge in [-0.1, -0.05) is 18.2 Å². The molecule has 2 aromatic carbocycles. The monoisotopic (exact) mass is 402 g/mol. The molecule has 156 valence electrons. The maximum Gasteiger partial charge on any atom is 0.243 e. The molecule has 0 aliphatic carbocycles. The smallest absolute Gasteiger partial charge is 0.243 e. The third-order valence-electron chi connectivity index (χ3n) is 4.44. The van der Waals surface area contributed by atoms with E-state index in [1.807, 2.05) is 0 Å². The number of benzene rings is 2. The van der Waals surface area contributed by atoms with Crippen LogP contribution in [0.5, 0.6) is 5.75 Å². The Balaban J connectivity index is 2.33. The second-order valence-corrected chi connectivity index (χ2v) is 6.36. The lowest BCUT2D eigenvalue weighted by Gasteiger charge is -2.14. The van der Waals surface area contributed by atoms with E-state index in [0.717, 1.165) is 11.1 Å². The number of anilines is 1. The number of aliphatic hydroxyl groups excluding tert-OH is 4. The molecule has 0 radical (unpaired) electrons. The maximum atomic E-state index is 12.0. The van der Waals surface area contributed by atoms with Crippen molar-refractivity contribution < 1.29 is 30.0 Å². The first kappa shape index (κ1) is 22.5. The fraction of sp³-hybridized carbons (Fsp3) is 0.286. The van der Waals surface area contributed by atoms with Gasteiger partial charge >= 0.3 is 0 Å². The van der Waals surface area contributed by atoms with Gasteiger partial charge in [0.15, 0.2) is 0 Å². The summed E-state index contributed by atoms with van der Waals surface area (Å²) < 4.78 is 5.24. The summed E-state index contributed by atoms with van der Waals surface area (Å²) in [5, 5.41) is 40.1. The average molecular weight is 402 g/mol. The van der Waals surface area contributed by atoms with Gasteiger partial charge in [-0.3, -0.25) is 4.79 Å². The van der Waals surface area contributed by atoms with Crippen molar-refractivity contribution in [3.05, 3.63) is 58.1 Å². The lowest BCUT2D eigenvalue weighted by atomic mass is 9.98. The summed E-state index contributed by atoms with van der Waals surface area (Å²) in [7, 11) is 1.47. The molecule has 2 aromatic rings.